The van der Waals surface area contributed by atoms with Crippen molar-refractivity contribution in [2.75, 3.05) is 13.2 Å². The fraction of sp³-hybridized carbons (Fsp3) is 0.361. The van der Waals surface area contributed by atoms with Gasteiger partial charge in [0.05, 0.1) is 22.8 Å². The lowest BCUT2D eigenvalue weighted by atomic mass is 9.90. The van der Waals surface area contributed by atoms with Crippen molar-refractivity contribution in [3.8, 4) is 16.8 Å². The van der Waals surface area contributed by atoms with Gasteiger partial charge in [-0.25, -0.2) is 9.18 Å². The van der Waals surface area contributed by atoms with E-state index in [1.807, 2.05) is 71.9 Å². The maximum atomic E-state index is 14.1. The second kappa shape index (κ2) is 11.0. The summed E-state index contributed by atoms with van der Waals surface area (Å²) in [6.45, 7) is 12.5. The average Bonchev–Trinajstić information content (AvgIpc) is 3.54. The minimum atomic E-state index is -0.625. The molecule has 8 heteroatoms. The molecule has 0 atom stereocenters. The predicted octanol–water partition coefficient (Wildman–Crippen LogP) is 8.32. The molecule has 2 aromatic heterocycles. The van der Waals surface area contributed by atoms with E-state index in [2.05, 4.69) is 15.7 Å². The molecule has 1 fully saturated rings. The molecule has 7 nitrogen and oxygen atoms in total. The summed E-state index contributed by atoms with van der Waals surface area (Å²) < 4.78 is 29.2. The van der Waals surface area contributed by atoms with Crippen LogP contribution in [0.4, 0.5) is 4.39 Å². The topological polar surface area (TPSA) is 75.3 Å². The van der Waals surface area contributed by atoms with Crippen LogP contribution in [-0.4, -0.2) is 45.0 Å². The van der Waals surface area contributed by atoms with Gasteiger partial charge in [0.1, 0.15) is 11.4 Å². The lowest BCUT2D eigenvalue weighted by Gasteiger charge is -2.26. The molecule has 5 aromatic rings. The highest BCUT2D eigenvalue weighted by molar-refractivity contribution is 6.07. The van der Waals surface area contributed by atoms with Gasteiger partial charge in [-0.1, -0.05) is 32.9 Å². The molecule has 1 saturated heterocycles. The Bertz CT molecular complexity index is 1860. The number of halogens is 1. The van der Waals surface area contributed by atoms with Gasteiger partial charge in [-0.05, 0) is 87.7 Å². The first-order valence-electron chi connectivity index (χ1n) is 15.1. The predicted molar refractivity (Wildman–Crippen MR) is 170 cm³/mol. The summed E-state index contributed by atoms with van der Waals surface area (Å²) in [6, 6.07) is 18.1. The first-order chi connectivity index (χ1) is 20.8. The van der Waals surface area contributed by atoms with E-state index in [0.717, 1.165) is 51.6 Å². The molecule has 0 aliphatic carbocycles. The van der Waals surface area contributed by atoms with E-state index in [9.17, 15) is 14.0 Å². The Balaban J connectivity index is 1.65. The Labute approximate surface area is 256 Å². The molecular weight excluding hydrogens is 557 g/mol. The minimum absolute atomic E-state index is 0.102. The van der Waals surface area contributed by atoms with E-state index >= 15 is 0 Å². The highest BCUT2D eigenvalue weighted by Gasteiger charge is 2.30. The Morgan fingerprint density at radius 2 is 1.57 bits per heavy atom. The lowest BCUT2D eigenvalue weighted by Crippen LogP contribution is -2.27. The Morgan fingerprint density at radius 3 is 2.18 bits per heavy atom. The van der Waals surface area contributed by atoms with Crippen LogP contribution in [0.1, 0.15) is 81.1 Å². The van der Waals surface area contributed by atoms with Crippen LogP contribution in [0.15, 0.2) is 66.9 Å². The molecule has 0 saturated carbocycles. The van der Waals surface area contributed by atoms with E-state index in [4.69, 9.17) is 9.47 Å². The molecule has 1 aliphatic heterocycles. The number of rotatable bonds is 4. The molecule has 0 unspecified atom stereocenters. The number of hydrogen-bond acceptors (Lipinski definition) is 5. The number of nitrogens with zero attached hydrogens (tertiary/aromatic N) is 3. The molecule has 228 valence electrons. The lowest BCUT2D eigenvalue weighted by molar-refractivity contribution is 0.00694. The highest BCUT2D eigenvalue weighted by atomic mass is 19.1. The van der Waals surface area contributed by atoms with Gasteiger partial charge in [-0.15, -0.1) is 0 Å². The summed E-state index contributed by atoms with van der Waals surface area (Å²) in [7, 11) is 0. The SMILES string of the molecule is CC(C)(C)OC(=O)c1ccc(-n2c(C3CCOCC3)c(-c3ccc(F)cc3)c3cc4cnn(C(=O)C(C)(C)C)c4cc32)cc1. The number of esters is 1. The van der Waals surface area contributed by atoms with Crippen LogP contribution in [-0.2, 0) is 9.47 Å². The molecule has 0 bridgehead atoms. The highest BCUT2D eigenvalue weighted by Crippen LogP contribution is 2.45. The number of ether oxygens (including phenoxy) is 2. The quantitative estimate of drug-likeness (QED) is 0.195. The molecule has 1 aliphatic rings. The number of carbonyl (C=O) groups excluding carboxylic acids is 2. The van der Waals surface area contributed by atoms with Crippen LogP contribution in [0.5, 0.6) is 0 Å². The van der Waals surface area contributed by atoms with Gasteiger partial charge in [-0.3, -0.25) is 4.79 Å². The third-order valence-electron chi connectivity index (χ3n) is 8.03. The number of aromatic nitrogens is 3. The van der Waals surface area contributed by atoms with Crippen molar-refractivity contribution in [2.45, 2.75) is 65.9 Å². The molecule has 6 rings (SSSR count). The molecule has 3 aromatic carbocycles. The van der Waals surface area contributed by atoms with Crippen molar-refractivity contribution in [3.63, 3.8) is 0 Å². The smallest absolute Gasteiger partial charge is 0.338 e. The Morgan fingerprint density at radius 1 is 0.909 bits per heavy atom. The number of benzene rings is 3. The number of fused-ring (bicyclic) bond motifs is 2. The monoisotopic (exact) mass is 595 g/mol. The second-order valence-corrected chi connectivity index (χ2v) is 13.6. The van der Waals surface area contributed by atoms with Crippen LogP contribution in [0.3, 0.4) is 0 Å². The van der Waals surface area contributed by atoms with E-state index in [0.29, 0.717) is 24.3 Å². The summed E-state index contributed by atoms with van der Waals surface area (Å²) in [5.74, 6) is -0.621. The largest absolute Gasteiger partial charge is 0.456 e. The fourth-order valence-corrected chi connectivity index (χ4v) is 5.95. The normalized spacial score (nSPS) is 14.8. The molecular formula is C36H38FN3O4. The summed E-state index contributed by atoms with van der Waals surface area (Å²) >= 11 is 0. The van der Waals surface area contributed by atoms with Crippen LogP contribution >= 0.6 is 0 Å². The van der Waals surface area contributed by atoms with Crippen molar-refractivity contribution in [1.82, 2.24) is 14.3 Å². The van der Waals surface area contributed by atoms with Gasteiger partial charge in [0.25, 0.3) is 5.91 Å². The van der Waals surface area contributed by atoms with Crippen molar-refractivity contribution in [2.24, 2.45) is 5.41 Å². The first kappa shape index (κ1) is 29.8. The van der Waals surface area contributed by atoms with E-state index in [-0.39, 0.29) is 23.6 Å². The fourth-order valence-electron chi connectivity index (χ4n) is 5.95. The zero-order valence-electron chi connectivity index (χ0n) is 26.1. The van der Waals surface area contributed by atoms with Crippen LogP contribution in [0, 0.1) is 11.2 Å². The summed E-state index contributed by atoms with van der Waals surface area (Å²) in [6.07, 6.45) is 3.39. The maximum Gasteiger partial charge on any atom is 0.338 e. The first-order valence-corrected chi connectivity index (χ1v) is 15.1. The molecule has 3 heterocycles. The summed E-state index contributed by atoms with van der Waals surface area (Å²) in [5.41, 5.74) is 4.71. The number of hydrogen-bond donors (Lipinski definition) is 0. The molecule has 0 amide bonds. The van der Waals surface area contributed by atoms with Gasteiger partial charge in [0, 0.05) is 52.3 Å². The standard InChI is InChI=1S/C36H38FN3O4/c1-35(2,3)34(42)40-29-20-30-28(19-25(29)21-38-40)31(22-7-11-26(37)12-8-22)32(23-15-17-43-18-16-23)39(30)27-13-9-24(10-14-27)33(41)44-36(4,5)6/h7-14,19-21,23H,15-18H2,1-6H3. The number of carbonyl (C=O) groups is 2. The molecule has 0 N–H and O–H groups in total. The van der Waals surface area contributed by atoms with Crippen LogP contribution < -0.4 is 0 Å². The van der Waals surface area contributed by atoms with Crippen LogP contribution in [0.25, 0.3) is 38.6 Å². The van der Waals surface area contributed by atoms with Crippen molar-refractivity contribution in [1.29, 1.82) is 0 Å². The Kier molecular flexibility index (Phi) is 7.44. The third kappa shape index (κ3) is 5.54. The van der Waals surface area contributed by atoms with Gasteiger partial charge < -0.3 is 14.0 Å². The van der Waals surface area contributed by atoms with Crippen LogP contribution in [0.2, 0.25) is 0 Å². The zero-order chi connectivity index (χ0) is 31.4. The Hall–Kier alpha value is -4.30. The van der Waals surface area contributed by atoms with Gasteiger partial charge in [-0.2, -0.15) is 9.78 Å². The zero-order valence-corrected chi connectivity index (χ0v) is 26.1. The average molecular weight is 596 g/mol. The third-order valence-corrected chi connectivity index (χ3v) is 8.03. The molecule has 0 radical (unpaired) electrons. The molecule has 0 spiro atoms. The van der Waals surface area contributed by atoms with E-state index < -0.39 is 11.0 Å². The van der Waals surface area contributed by atoms with Gasteiger partial charge >= 0.3 is 5.97 Å². The van der Waals surface area contributed by atoms with E-state index in [1.54, 1.807) is 18.3 Å². The maximum absolute atomic E-state index is 14.1. The molecule has 44 heavy (non-hydrogen) atoms. The summed E-state index contributed by atoms with van der Waals surface area (Å²) in [4.78, 5) is 26.2. The van der Waals surface area contributed by atoms with Gasteiger partial charge in [0.15, 0.2) is 0 Å². The van der Waals surface area contributed by atoms with Crippen molar-refractivity contribution >= 4 is 33.7 Å². The second-order valence-electron chi connectivity index (χ2n) is 13.6. The van der Waals surface area contributed by atoms with Crippen molar-refractivity contribution in [3.05, 3.63) is 83.9 Å². The summed E-state index contributed by atoms with van der Waals surface area (Å²) in [5, 5.41) is 6.31. The van der Waals surface area contributed by atoms with Gasteiger partial charge in [0.2, 0.25) is 0 Å². The van der Waals surface area contributed by atoms with E-state index in [1.165, 1.54) is 16.8 Å². The minimum Gasteiger partial charge on any atom is -0.456 e. The van der Waals surface area contributed by atoms with Crippen molar-refractivity contribution < 1.29 is 23.5 Å².